The lowest BCUT2D eigenvalue weighted by molar-refractivity contribution is 0.106. The van der Waals surface area contributed by atoms with E-state index in [0.717, 1.165) is 0 Å². The van der Waals surface area contributed by atoms with Gasteiger partial charge in [0.25, 0.3) is 0 Å². The monoisotopic (exact) mass is 152 g/mol. The number of hydrogen-bond acceptors (Lipinski definition) is 4. The van der Waals surface area contributed by atoms with Gasteiger partial charge < -0.3 is 9.84 Å². The minimum Gasteiger partial charge on any atom is -0.450 e. The third-order valence-corrected chi connectivity index (χ3v) is 0.819. The van der Waals surface area contributed by atoms with Crippen molar-refractivity contribution in [2.75, 3.05) is 6.61 Å². The number of rotatable bonds is 2. The number of carbonyl (C=O) groups is 1. The zero-order valence-electron chi connectivity index (χ0n) is 4.27. The van der Waals surface area contributed by atoms with Crippen molar-refractivity contribution in [3.05, 3.63) is 0 Å². The fourth-order valence-corrected chi connectivity index (χ4v) is 0.340. The molecule has 0 aliphatic heterocycles. The Morgan fingerprint density at radius 2 is 2.22 bits per heavy atom. The minimum atomic E-state index is -2.35. The van der Waals surface area contributed by atoms with Crippen LogP contribution >= 0.6 is 0 Å². The zero-order valence-corrected chi connectivity index (χ0v) is 5.09. The second-order valence-corrected chi connectivity index (χ2v) is 1.86. The fourth-order valence-electron chi connectivity index (χ4n) is 0.161. The summed E-state index contributed by atoms with van der Waals surface area (Å²) in [5.74, 6) is 0. The Kier molecular flexibility index (Phi) is 3.45. The summed E-state index contributed by atoms with van der Waals surface area (Å²) in [5, 5.41) is 8.49. The Labute approximate surface area is 52.4 Å². The Morgan fingerprint density at radius 3 is 2.56 bits per heavy atom. The van der Waals surface area contributed by atoms with Gasteiger partial charge in [0.1, 0.15) is 6.61 Å². The van der Waals surface area contributed by atoms with Crippen LogP contribution in [0.25, 0.3) is 0 Å². The van der Waals surface area contributed by atoms with Crippen LogP contribution in [-0.4, -0.2) is 31.7 Å². The molecule has 0 aromatic rings. The molecule has 0 radical (unpaired) electrons. The maximum atomic E-state index is 9.65. The zero-order chi connectivity index (χ0) is 7.28. The number of carboxylic acid groups (broad SMARTS) is 1. The van der Waals surface area contributed by atoms with Gasteiger partial charge in [-0.25, -0.2) is 4.79 Å². The lowest BCUT2D eigenvalue weighted by Crippen LogP contribution is -2.02. The van der Waals surface area contributed by atoms with Crippen LogP contribution < -0.4 is 0 Å². The minimum absolute atomic E-state index is 0.425. The summed E-state index contributed by atoms with van der Waals surface area (Å²) in [6, 6.07) is 0. The topological polar surface area (TPSA) is 80.7 Å². The second-order valence-electron chi connectivity index (χ2n) is 1.00. The Balaban J connectivity index is 3.55. The predicted molar refractivity (Wildman–Crippen MR) is 29.0 cm³/mol. The van der Waals surface area contributed by atoms with E-state index in [0.29, 0.717) is 5.37 Å². The van der Waals surface area contributed by atoms with Gasteiger partial charge in [0, 0.05) is 0 Å². The molecule has 0 bridgehead atoms. The summed E-state index contributed by atoms with van der Waals surface area (Å²) < 4.78 is 23.1. The molecule has 0 aromatic carbocycles. The summed E-state index contributed by atoms with van der Waals surface area (Å²) in [6.45, 7) is -0.425. The van der Waals surface area contributed by atoms with Crippen LogP contribution in [0, 0.1) is 0 Å². The SMILES string of the molecule is O=C(O)OCC=S(=O)=O. The highest BCUT2D eigenvalue weighted by Gasteiger charge is 1.90. The van der Waals surface area contributed by atoms with E-state index in [9.17, 15) is 13.2 Å². The fraction of sp³-hybridized carbons (Fsp3) is 0.333. The van der Waals surface area contributed by atoms with E-state index in [1.165, 1.54) is 0 Å². The average molecular weight is 152 g/mol. The van der Waals surface area contributed by atoms with Crippen LogP contribution in [0.4, 0.5) is 4.79 Å². The molecule has 52 valence electrons. The normalized spacial score (nSPS) is 8.00. The number of ether oxygens (including phenoxy) is 1. The summed E-state index contributed by atoms with van der Waals surface area (Å²) in [5.41, 5.74) is 0. The van der Waals surface area contributed by atoms with Crippen molar-refractivity contribution >= 4 is 21.8 Å². The van der Waals surface area contributed by atoms with Crippen molar-refractivity contribution < 1.29 is 23.1 Å². The smallest absolute Gasteiger partial charge is 0.450 e. The van der Waals surface area contributed by atoms with E-state index in [1.807, 2.05) is 0 Å². The first-order valence-electron chi connectivity index (χ1n) is 1.90. The molecule has 0 spiro atoms. The molecule has 0 saturated carbocycles. The molecule has 0 aliphatic carbocycles. The molecule has 5 nitrogen and oxygen atoms in total. The van der Waals surface area contributed by atoms with Crippen LogP contribution in [0.1, 0.15) is 0 Å². The molecular weight excluding hydrogens is 148 g/mol. The molecule has 0 saturated heterocycles. The van der Waals surface area contributed by atoms with E-state index < -0.39 is 23.1 Å². The third kappa shape index (κ3) is 6.96. The van der Waals surface area contributed by atoms with Crippen LogP contribution in [0.3, 0.4) is 0 Å². The molecule has 1 N–H and O–H groups in total. The summed E-state index contributed by atoms with van der Waals surface area (Å²) in [4.78, 5) is 9.54. The van der Waals surface area contributed by atoms with Gasteiger partial charge in [-0.05, 0) is 0 Å². The molecule has 0 aromatic heterocycles. The Bertz CT molecular complexity index is 204. The maximum absolute atomic E-state index is 9.65. The van der Waals surface area contributed by atoms with Crippen molar-refractivity contribution in [1.29, 1.82) is 0 Å². The molecule has 0 amide bonds. The van der Waals surface area contributed by atoms with E-state index in [4.69, 9.17) is 5.11 Å². The first kappa shape index (κ1) is 7.96. The third-order valence-electron chi connectivity index (χ3n) is 0.411. The van der Waals surface area contributed by atoms with Crippen molar-refractivity contribution in [2.45, 2.75) is 0 Å². The van der Waals surface area contributed by atoms with Gasteiger partial charge in [-0.2, -0.15) is 8.42 Å². The average Bonchev–Trinajstić information content (AvgIpc) is 1.63. The van der Waals surface area contributed by atoms with E-state index >= 15 is 0 Å². The van der Waals surface area contributed by atoms with Gasteiger partial charge >= 0.3 is 6.16 Å². The van der Waals surface area contributed by atoms with E-state index in [1.54, 1.807) is 0 Å². The number of hydrogen-bond donors (Lipinski definition) is 1. The van der Waals surface area contributed by atoms with Gasteiger partial charge in [0.2, 0.25) is 10.3 Å². The first-order valence-corrected chi connectivity index (χ1v) is 3.04. The lowest BCUT2D eigenvalue weighted by Gasteiger charge is -1.87. The predicted octanol–water partition coefficient (Wildman–Crippen LogP) is -0.638. The highest BCUT2D eigenvalue weighted by molar-refractivity contribution is 7.71. The maximum Gasteiger partial charge on any atom is 0.506 e. The van der Waals surface area contributed by atoms with Gasteiger partial charge in [-0.1, -0.05) is 0 Å². The summed E-state index contributed by atoms with van der Waals surface area (Å²) >= 11 is 0. The Hall–Kier alpha value is -1.04. The van der Waals surface area contributed by atoms with Crippen LogP contribution in [0.15, 0.2) is 0 Å². The van der Waals surface area contributed by atoms with E-state index in [2.05, 4.69) is 4.74 Å². The van der Waals surface area contributed by atoms with Crippen molar-refractivity contribution in [2.24, 2.45) is 0 Å². The van der Waals surface area contributed by atoms with Gasteiger partial charge in [0.05, 0.1) is 5.37 Å². The molecule has 0 unspecified atom stereocenters. The molecule has 0 atom stereocenters. The molecular formula is C3H4O5S. The van der Waals surface area contributed by atoms with Gasteiger partial charge in [-0.3, -0.25) is 0 Å². The summed E-state index contributed by atoms with van der Waals surface area (Å²) in [6.07, 6.45) is -1.49. The van der Waals surface area contributed by atoms with E-state index in [-0.39, 0.29) is 0 Å². The van der Waals surface area contributed by atoms with Crippen molar-refractivity contribution in [1.82, 2.24) is 0 Å². The standard InChI is InChI=1S/C3H4O5S/c4-3(5)8-1-2-9(6)7/h2H,1H2,(H,4,5). The second kappa shape index (κ2) is 3.90. The van der Waals surface area contributed by atoms with Crippen LogP contribution in [0.2, 0.25) is 0 Å². The Morgan fingerprint density at radius 1 is 1.67 bits per heavy atom. The highest BCUT2D eigenvalue weighted by Crippen LogP contribution is 1.69. The molecule has 6 heteroatoms. The molecule has 0 aliphatic rings. The van der Waals surface area contributed by atoms with Gasteiger partial charge in [-0.15, -0.1) is 0 Å². The molecule has 0 fully saturated rings. The van der Waals surface area contributed by atoms with Crippen molar-refractivity contribution in [3.8, 4) is 0 Å². The largest absolute Gasteiger partial charge is 0.506 e. The van der Waals surface area contributed by atoms with Crippen LogP contribution in [0.5, 0.6) is 0 Å². The molecule has 0 rings (SSSR count). The molecule has 9 heavy (non-hydrogen) atoms. The highest BCUT2D eigenvalue weighted by atomic mass is 32.2. The first-order chi connectivity index (χ1) is 4.13. The quantitative estimate of drug-likeness (QED) is 0.420. The lowest BCUT2D eigenvalue weighted by atomic mass is 10.9. The van der Waals surface area contributed by atoms with Gasteiger partial charge in [0.15, 0.2) is 0 Å². The molecule has 0 heterocycles. The summed E-state index contributed by atoms with van der Waals surface area (Å²) in [7, 11) is -2.35. The van der Waals surface area contributed by atoms with Crippen molar-refractivity contribution in [3.63, 3.8) is 0 Å². The van der Waals surface area contributed by atoms with Crippen LogP contribution in [-0.2, 0) is 15.0 Å².